The summed E-state index contributed by atoms with van der Waals surface area (Å²) in [5.74, 6) is 0.576. The third-order valence-corrected chi connectivity index (χ3v) is 4.37. The van der Waals surface area contributed by atoms with Crippen molar-refractivity contribution in [2.45, 2.75) is 20.3 Å². The number of allylic oxidation sites excluding steroid dienone is 10. The Balaban J connectivity index is 2.28. The molecule has 0 N–H and O–H groups in total. The molecule has 24 heavy (non-hydrogen) atoms. The summed E-state index contributed by atoms with van der Waals surface area (Å²) < 4.78 is 0. The van der Waals surface area contributed by atoms with Gasteiger partial charge in [0.25, 0.3) is 0 Å². The molecular weight excluding hydrogens is 298 g/mol. The van der Waals surface area contributed by atoms with Crippen molar-refractivity contribution in [1.29, 1.82) is 0 Å². The average molecular weight is 319 g/mol. The van der Waals surface area contributed by atoms with Crippen LogP contribution in [0.3, 0.4) is 0 Å². The number of fused-ring (bicyclic) bond motifs is 3. The molecule has 2 aliphatic carbocycles. The maximum atomic E-state index is 13.2. The number of guanidine groups is 1. The molecule has 0 unspecified atom stereocenters. The Hall–Kier alpha value is -2.75. The molecule has 0 atom stereocenters. The Kier molecular flexibility index (Phi) is 4.06. The van der Waals surface area contributed by atoms with Crippen LogP contribution in [-0.4, -0.2) is 36.4 Å². The second-order valence-corrected chi connectivity index (χ2v) is 6.13. The van der Waals surface area contributed by atoms with Crippen molar-refractivity contribution in [1.82, 2.24) is 4.90 Å². The number of hydrogen-bond acceptors (Lipinski definition) is 4. The van der Waals surface area contributed by atoms with Gasteiger partial charge in [0.05, 0.1) is 5.57 Å². The van der Waals surface area contributed by atoms with E-state index in [1.165, 1.54) is 0 Å². The van der Waals surface area contributed by atoms with Crippen LogP contribution in [0.25, 0.3) is 0 Å². The lowest BCUT2D eigenvalue weighted by Gasteiger charge is -2.22. The molecule has 3 aliphatic rings. The first-order valence-corrected chi connectivity index (χ1v) is 8.00. The Labute approximate surface area is 142 Å². The fourth-order valence-electron chi connectivity index (χ4n) is 2.84. The summed E-state index contributed by atoms with van der Waals surface area (Å²) in [7, 11) is 3.79. The van der Waals surface area contributed by atoms with Gasteiger partial charge in [-0.3, -0.25) is 4.79 Å². The zero-order chi connectivity index (χ0) is 17.4. The van der Waals surface area contributed by atoms with Crippen LogP contribution in [0.4, 0.5) is 0 Å². The molecule has 1 heterocycles. The molecule has 0 aromatic heterocycles. The molecule has 0 fully saturated rings. The van der Waals surface area contributed by atoms with Crippen LogP contribution in [0.5, 0.6) is 0 Å². The second-order valence-electron chi connectivity index (χ2n) is 6.13. The molecule has 0 saturated carbocycles. The predicted molar refractivity (Wildman–Crippen MR) is 99.1 cm³/mol. The highest BCUT2D eigenvalue weighted by Gasteiger charge is 2.37. The summed E-state index contributed by atoms with van der Waals surface area (Å²) in [6.07, 6.45) is 10.6. The summed E-state index contributed by atoms with van der Waals surface area (Å²) >= 11 is 0. The summed E-state index contributed by atoms with van der Waals surface area (Å²) in [4.78, 5) is 24.3. The lowest BCUT2D eigenvalue weighted by molar-refractivity contribution is -0.111. The normalized spacial score (nSPS) is 19.8. The maximum absolute atomic E-state index is 13.2. The van der Waals surface area contributed by atoms with E-state index >= 15 is 0 Å². The lowest BCUT2D eigenvalue weighted by Crippen LogP contribution is -2.24. The average Bonchev–Trinajstić information content (AvgIpc) is 2.85. The van der Waals surface area contributed by atoms with Crippen LogP contribution in [0.2, 0.25) is 0 Å². The topological polar surface area (TPSA) is 45.0 Å². The van der Waals surface area contributed by atoms with Crippen molar-refractivity contribution >= 4 is 17.5 Å². The van der Waals surface area contributed by atoms with Crippen LogP contribution in [0.15, 0.2) is 80.5 Å². The van der Waals surface area contributed by atoms with Gasteiger partial charge in [-0.15, -0.1) is 0 Å². The molecule has 0 spiro atoms. The van der Waals surface area contributed by atoms with E-state index in [1.807, 2.05) is 63.2 Å². The number of Topliss-reactive ketones (excluding diaryl/α,β-unsaturated/α-hetero) is 1. The summed E-state index contributed by atoms with van der Waals surface area (Å²) in [5.41, 5.74) is 5.18. The number of rotatable bonds is 2. The molecule has 0 bridgehead atoms. The van der Waals surface area contributed by atoms with Gasteiger partial charge in [-0.1, -0.05) is 37.0 Å². The van der Waals surface area contributed by atoms with Gasteiger partial charge in [-0.2, -0.15) is 0 Å². The minimum atomic E-state index is -0.0308. The lowest BCUT2D eigenvalue weighted by atomic mass is 9.80. The number of hydrogen-bond donors (Lipinski definition) is 0. The van der Waals surface area contributed by atoms with Gasteiger partial charge in [0.2, 0.25) is 5.96 Å². The van der Waals surface area contributed by atoms with Crippen LogP contribution in [-0.2, 0) is 4.79 Å². The number of carbonyl (C=O) groups is 1. The van der Waals surface area contributed by atoms with Crippen LogP contribution in [0, 0.1) is 0 Å². The van der Waals surface area contributed by atoms with E-state index in [-0.39, 0.29) is 5.78 Å². The van der Waals surface area contributed by atoms with E-state index in [1.54, 1.807) is 0 Å². The van der Waals surface area contributed by atoms with Crippen molar-refractivity contribution in [3.8, 4) is 0 Å². The van der Waals surface area contributed by atoms with Gasteiger partial charge in [-0.25, -0.2) is 9.98 Å². The Morgan fingerprint density at radius 1 is 1.29 bits per heavy atom. The van der Waals surface area contributed by atoms with E-state index in [2.05, 4.69) is 16.6 Å². The quantitative estimate of drug-likeness (QED) is 0.731. The van der Waals surface area contributed by atoms with Gasteiger partial charge in [0.15, 0.2) is 5.78 Å². The van der Waals surface area contributed by atoms with E-state index in [0.717, 1.165) is 23.3 Å². The van der Waals surface area contributed by atoms with Gasteiger partial charge in [-0.05, 0) is 31.4 Å². The van der Waals surface area contributed by atoms with Gasteiger partial charge < -0.3 is 4.90 Å². The zero-order valence-electron chi connectivity index (χ0n) is 14.6. The zero-order valence-corrected chi connectivity index (χ0v) is 14.6. The highest BCUT2D eigenvalue weighted by atomic mass is 16.1. The minimum absolute atomic E-state index is 0.0308. The molecular formula is C20H21N3O. The van der Waals surface area contributed by atoms with Gasteiger partial charge in [0, 0.05) is 25.2 Å². The number of nitrogens with zero attached hydrogens (tertiary/aromatic N) is 3. The number of ketones is 1. The van der Waals surface area contributed by atoms with Gasteiger partial charge >= 0.3 is 0 Å². The van der Waals surface area contributed by atoms with Crippen molar-refractivity contribution in [3.05, 3.63) is 70.5 Å². The van der Waals surface area contributed by atoms with Crippen molar-refractivity contribution < 1.29 is 4.79 Å². The summed E-state index contributed by atoms with van der Waals surface area (Å²) in [5, 5.41) is 0. The molecule has 3 rings (SSSR count). The first kappa shape index (κ1) is 16.1. The Morgan fingerprint density at radius 2 is 2.04 bits per heavy atom. The highest BCUT2D eigenvalue weighted by Crippen LogP contribution is 2.38. The number of carbonyl (C=O) groups excluding carboxylic acids is 1. The third-order valence-electron chi connectivity index (χ3n) is 4.37. The van der Waals surface area contributed by atoms with E-state index in [0.29, 0.717) is 28.4 Å². The molecule has 0 aromatic rings. The molecule has 0 amide bonds. The van der Waals surface area contributed by atoms with Crippen molar-refractivity contribution in [2.24, 2.45) is 9.98 Å². The first-order valence-electron chi connectivity index (χ1n) is 8.00. The van der Waals surface area contributed by atoms with Crippen molar-refractivity contribution in [3.63, 3.8) is 0 Å². The smallest absolute Gasteiger partial charge is 0.226 e. The summed E-state index contributed by atoms with van der Waals surface area (Å²) in [6.45, 7) is 8.04. The fourth-order valence-corrected chi connectivity index (χ4v) is 2.84. The molecule has 0 radical (unpaired) electrons. The largest absolute Gasteiger partial charge is 0.347 e. The molecule has 4 heteroatoms. The van der Waals surface area contributed by atoms with Gasteiger partial charge in [0.1, 0.15) is 11.4 Å². The first-order chi connectivity index (χ1) is 11.5. The minimum Gasteiger partial charge on any atom is -0.347 e. The molecule has 4 nitrogen and oxygen atoms in total. The monoisotopic (exact) mass is 319 g/mol. The van der Waals surface area contributed by atoms with Crippen molar-refractivity contribution in [2.75, 3.05) is 14.1 Å². The Morgan fingerprint density at radius 3 is 2.71 bits per heavy atom. The standard InChI is InChI=1S/C20H21N3O/c1-6-12(2)13(3)16-18-17(21-20(22-18)23(4)5)14-10-8-7-9-11-15(14)19(16)24/h6-7,9-11H,3,8H2,1-2,4-5H3/b12-6-. The second kappa shape index (κ2) is 6.04. The molecule has 0 saturated heterocycles. The van der Waals surface area contributed by atoms with E-state index in [9.17, 15) is 4.79 Å². The van der Waals surface area contributed by atoms with Crippen LogP contribution >= 0.6 is 0 Å². The van der Waals surface area contributed by atoms with E-state index < -0.39 is 0 Å². The highest BCUT2D eigenvalue weighted by molar-refractivity contribution is 6.36. The van der Waals surface area contributed by atoms with Crippen LogP contribution in [0.1, 0.15) is 20.3 Å². The SMILES string of the molecule is C=C(C1=C2N=C(N(C)C)N=C2C2=CCC=CC=C2C1=O)/C(C)=C\C. The maximum Gasteiger partial charge on any atom is 0.226 e. The predicted octanol–water partition coefficient (Wildman–Crippen LogP) is 3.53. The van der Waals surface area contributed by atoms with E-state index in [4.69, 9.17) is 0 Å². The molecule has 0 aromatic carbocycles. The molecule has 122 valence electrons. The number of aliphatic imine (C=N–C) groups is 2. The fraction of sp³-hybridized carbons (Fsp3) is 0.250. The third kappa shape index (κ3) is 2.44. The molecule has 1 aliphatic heterocycles. The van der Waals surface area contributed by atoms with Crippen LogP contribution < -0.4 is 0 Å². The summed E-state index contributed by atoms with van der Waals surface area (Å²) in [6, 6.07) is 0. The Bertz CT molecular complexity index is 855.